The molecule has 0 radical (unpaired) electrons. The van der Waals surface area contributed by atoms with E-state index in [1.54, 1.807) is 12.1 Å². The zero-order valence-electron chi connectivity index (χ0n) is 15.2. The molecule has 2 heterocycles. The van der Waals surface area contributed by atoms with E-state index in [0.29, 0.717) is 6.04 Å². The smallest absolute Gasteiger partial charge is 0.269 e. The van der Waals surface area contributed by atoms with Gasteiger partial charge in [0.2, 0.25) is 0 Å². The highest BCUT2D eigenvalue weighted by Gasteiger charge is 2.34. The summed E-state index contributed by atoms with van der Waals surface area (Å²) in [5.74, 6) is 0. The van der Waals surface area contributed by atoms with Crippen LogP contribution in [0.2, 0.25) is 0 Å². The van der Waals surface area contributed by atoms with Crippen LogP contribution in [-0.2, 0) is 6.42 Å². The van der Waals surface area contributed by atoms with Crippen molar-refractivity contribution in [1.82, 2.24) is 4.98 Å². The number of nitrogens with zero attached hydrogens (tertiary/aromatic N) is 1. The molecule has 0 fully saturated rings. The molecule has 0 spiro atoms. The van der Waals surface area contributed by atoms with Crippen LogP contribution in [0.1, 0.15) is 34.5 Å². The van der Waals surface area contributed by atoms with Gasteiger partial charge in [-0.05, 0) is 23.8 Å². The minimum absolute atomic E-state index is 0.0714. The molecule has 1 aromatic heterocycles. The van der Waals surface area contributed by atoms with Crippen LogP contribution in [0.5, 0.6) is 0 Å². The Hall–Kier alpha value is -3.44. The predicted molar refractivity (Wildman–Crippen MR) is 108 cm³/mol. The maximum atomic E-state index is 11.0. The summed E-state index contributed by atoms with van der Waals surface area (Å²) < 4.78 is 0. The fourth-order valence-corrected chi connectivity index (χ4v) is 4.33. The SMILES string of the molecule is O=[N+]([O-])c1ccc([C@H]2[NH2+][C@@H](c3ccccc3)Cc3c2[nH]c2ccccc32)cc1. The molecule has 4 aromatic rings. The van der Waals surface area contributed by atoms with E-state index < -0.39 is 0 Å². The average Bonchev–Trinajstić information content (AvgIpc) is 3.12. The maximum Gasteiger partial charge on any atom is 0.269 e. The van der Waals surface area contributed by atoms with Crippen molar-refractivity contribution in [2.45, 2.75) is 18.5 Å². The fourth-order valence-electron chi connectivity index (χ4n) is 4.33. The lowest BCUT2D eigenvalue weighted by Gasteiger charge is -2.28. The quantitative estimate of drug-likeness (QED) is 0.422. The lowest BCUT2D eigenvalue weighted by molar-refractivity contribution is -0.730. The molecule has 0 saturated heterocycles. The molecule has 0 unspecified atom stereocenters. The van der Waals surface area contributed by atoms with Crippen LogP contribution in [0.15, 0.2) is 78.9 Å². The summed E-state index contributed by atoms with van der Waals surface area (Å²) in [6.07, 6.45) is 0.951. The molecule has 3 aromatic carbocycles. The van der Waals surface area contributed by atoms with Gasteiger partial charge in [-0.3, -0.25) is 10.1 Å². The Kier molecular flexibility index (Phi) is 3.95. The van der Waals surface area contributed by atoms with Gasteiger partial charge in [-0.25, -0.2) is 0 Å². The van der Waals surface area contributed by atoms with Crippen molar-refractivity contribution in [1.29, 1.82) is 0 Å². The first-order valence-corrected chi connectivity index (χ1v) is 9.44. The molecule has 2 atom stereocenters. The lowest BCUT2D eigenvalue weighted by atomic mass is 9.87. The average molecular weight is 370 g/mol. The molecular formula is C23H20N3O2+. The van der Waals surface area contributed by atoms with E-state index in [1.807, 2.05) is 24.3 Å². The number of aromatic nitrogens is 1. The monoisotopic (exact) mass is 370 g/mol. The van der Waals surface area contributed by atoms with Gasteiger partial charge >= 0.3 is 0 Å². The van der Waals surface area contributed by atoms with E-state index in [9.17, 15) is 10.1 Å². The Balaban J connectivity index is 1.64. The molecule has 1 aliphatic heterocycles. The van der Waals surface area contributed by atoms with Crippen molar-refractivity contribution in [3.05, 3.63) is 111 Å². The van der Waals surface area contributed by atoms with Gasteiger partial charge in [0.25, 0.3) is 5.69 Å². The number of nitrogens with one attached hydrogen (secondary N) is 1. The van der Waals surface area contributed by atoms with Gasteiger partial charge in [0.15, 0.2) is 6.04 Å². The Morgan fingerprint density at radius 1 is 0.893 bits per heavy atom. The van der Waals surface area contributed by atoms with E-state index in [-0.39, 0.29) is 16.7 Å². The van der Waals surface area contributed by atoms with Crippen LogP contribution in [0.3, 0.4) is 0 Å². The standard InChI is InChI=1S/C23H19N3O2/c27-26(28)17-12-10-16(11-13-17)22-23-19(18-8-4-5-9-20(18)24-23)14-21(25-22)15-6-2-1-3-7-15/h1-13,21-22,24-25H,14H2/p+1/t21-,22-/m1/s1. The van der Waals surface area contributed by atoms with Crippen LogP contribution in [0.25, 0.3) is 10.9 Å². The van der Waals surface area contributed by atoms with E-state index in [0.717, 1.165) is 17.5 Å². The minimum atomic E-state index is -0.352. The zero-order valence-corrected chi connectivity index (χ0v) is 15.2. The zero-order chi connectivity index (χ0) is 19.1. The van der Waals surface area contributed by atoms with E-state index in [1.165, 1.54) is 22.2 Å². The molecule has 0 amide bonds. The normalized spacial score (nSPS) is 18.7. The van der Waals surface area contributed by atoms with Crippen molar-refractivity contribution in [3.8, 4) is 0 Å². The first-order valence-electron chi connectivity index (χ1n) is 9.44. The summed E-state index contributed by atoms with van der Waals surface area (Å²) in [5.41, 5.74) is 6.17. The molecule has 0 bridgehead atoms. The number of para-hydroxylation sites is 1. The Morgan fingerprint density at radius 3 is 2.36 bits per heavy atom. The third kappa shape index (κ3) is 2.77. The number of rotatable bonds is 3. The van der Waals surface area contributed by atoms with Crippen molar-refractivity contribution in [2.75, 3.05) is 0 Å². The fraction of sp³-hybridized carbons (Fsp3) is 0.130. The van der Waals surface area contributed by atoms with Gasteiger partial charge in [-0.2, -0.15) is 0 Å². The van der Waals surface area contributed by atoms with Gasteiger partial charge in [0.05, 0.1) is 10.6 Å². The molecule has 5 rings (SSSR count). The Labute approximate surface area is 162 Å². The number of non-ortho nitro benzene ring substituents is 1. The van der Waals surface area contributed by atoms with Gasteiger partial charge in [0, 0.05) is 40.6 Å². The molecule has 0 aliphatic carbocycles. The van der Waals surface area contributed by atoms with Crippen molar-refractivity contribution >= 4 is 16.6 Å². The van der Waals surface area contributed by atoms with Crippen molar-refractivity contribution in [3.63, 3.8) is 0 Å². The summed E-state index contributed by atoms with van der Waals surface area (Å²) >= 11 is 0. The lowest BCUT2D eigenvalue weighted by Crippen LogP contribution is -2.88. The second kappa shape index (κ2) is 6.62. The summed E-state index contributed by atoms with van der Waals surface area (Å²) in [6, 6.07) is 26.3. The number of fused-ring (bicyclic) bond motifs is 3. The third-order valence-corrected chi connectivity index (χ3v) is 5.70. The molecule has 5 heteroatoms. The number of nitrogens with two attached hydrogens (primary N) is 1. The first-order chi connectivity index (χ1) is 13.7. The second-order valence-electron chi connectivity index (χ2n) is 7.30. The molecule has 138 valence electrons. The minimum Gasteiger partial charge on any atom is -0.353 e. The molecular weight excluding hydrogens is 350 g/mol. The van der Waals surface area contributed by atoms with Gasteiger partial charge in [-0.1, -0.05) is 48.5 Å². The van der Waals surface area contributed by atoms with Crippen LogP contribution in [0, 0.1) is 10.1 Å². The van der Waals surface area contributed by atoms with E-state index in [2.05, 4.69) is 52.8 Å². The van der Waals surface area contributed by atoms with Crippen LogP contribution >= 0.6 is 0 Å². The first kappa shape index (κ1) is 16.7. The van der Waals surface area contributed by atoms with Crippen LogP contribution < -0.4 is 5.32 Å². The largest absolute Gasteiger partial charge is 0.353 e. The van der Waals surface area contributed by atoms with Crippen LogP contribution in [-0.4, -0.2) is 9.91 Å². The number of benzene rings is 3. The number of hydrogen-bond acceptors (Lipinski definition) is 2. The number of nitro groups is 1. The third-order valence-electron chi connectivity index (χ3n) is 5.70. The molecule has 3 N–H and O–H groups in total. The molecule has 28 heavy (non-hydrogen) atoms. The molecule has 1 aliphatic rings. The number of aromatic amines is 1. The molecule has 0 saturated carbocycles. The van der Waals surface area contributed by atoms with Gasteiger partial charge in [0.1, 0.15) is 6.04 Å². The van der Waals surface area contributed by atoms with E-state index in [4.69, 9.17) is 0 Å². The topological polar surface area (TPSA) is 75.5 Å². The highest BCUT2D eigenvalue weighted by molar-refractivity contribution is 5.85. The van der Waals surface area contributed by atoms with Crippen molar-refractivity contribution < 1.29 is 10.2 Å². The number of H-pyrrole nitrogens is 1. The summed E-state index contributed by atoms with van der Waals surface area (Å²) in [7, 11) is 0. The number of quaternary nitrogens is 1. The summed E-state index contributed by atoms with van der Waals surface area (Å²) in [6.45, 7) is 0. The maximum absolute atomic E-state index is 11.0. The number of nitro benzene ring substituents is 1. The predicted octanol–water partition coefficient (Wildman–Crippen LogP) is 4.03. The summed E-state index contributed by atoms with van der Waals surface area (Å²) in [4.78, 5) is 14.3. The highest BCUT2D eigenvalue weighted by atomic mass is 16.6. The summed E-state index contributed by atoms with van der Waals surface area (Å²) in [5, 5.41) is 14.7. The Bertz CT molecular complexity index is 1150. The molecule has 5 nitrogen and oxygen atoms in total. The Morgan fingerprint density at radius 2 is 1.61 bits per heavy atom. The van der Waals surface area contributed by atoms with Crippen LogP contribution in [0.4, 0.5) is 5.69 Å². The number of hydrogen-bond donors (Lipinski definition) is 2. The second-order valence-corrected chi connectivity index (χ2v) is 7.30. The van der Waals surface area contributed by atoms with Crippen molar-refractivity contribution in [2.24, 2.45) is 0 Å². The van der Waals surface area contributed by atoms with Gasteiger partial charge in [-0.15, -0.1) is 0 Å². The van der Waals surface area contributed by atoms with E-state index >= 15 is 0 Å². The highest BCUT2D eigenvalue weighted by Crippen LogP contribution is 2.35. The van der Waals surface area contributed by atoms with Gasteiger partial charge < -0.3 is 10.3 Å².